The summed E-state index contributed by atoms with van der Waals surface area (Å²) in [6, 6.07) is 0. The molecule has 0 saturated carbocycles. The van der Waals surface area contributed by atoms with Crippen LogP contribution in [0.2, 0.25) is 0 Å². The molecule has 0 atom stereocenters. The third-order valence-corrected chi connectivity index (χ3v) is 5.70. The quantitative estimate of drug-likeness (QED) is 0.557. The van der Waals surface area contributed by atoms with Crippen LogP contribution in [0.25, 0.3) is 0 Å². The zero-order chi connectivity index (χ0) is 8.32. The number of hydrogen-bond donors (Lipinski definition) is 1. The van der Waals surface area contributed by atoms with Gasteiger partial charge in [-0.1, -0.05) is 0 Å². The van der Waals surface area contributed by atoms with E-state index >= 15 is 0 Å². The van der Waals surface area contributed by atoms with Crippen LogP contribution in [0, 0.1) is 0 Å². The van der Waals surface area contributed by atoms with Gasteiger partial charge in [-0.3, -0.25) is 0 Å². The largest absolute Gasteiger partial charge is 1.00 e. The van der Waals surface area contributed by atoms with Crippen LogP contribution in [0.1, 0.15) is 40.0 Å². The van der Waals surface area contributed by atoms with E-state index in [-0.39, 0.29) is 48.3 Å². The molecule has 0 spiro atoms. The Balaban J connectivity index is 0. The third kappa shape index (κ3) is 8.18. The van der Waals surface area contributed by atoms with Gasteiger partial charge in [0.2, 0.25) is 0 Å². The molecule has 1 aliphatic rings. The average molecular weight is 301 g/mol. The van der Waals surface area contributed by atoms with Gasteiger partial charge in [0.15, 0.2) is 0 Å². The second-order valence-electron chi connectivity index (χ2n) is 4.12. The van der Waals surface area contributed by atoms with E-state index in [1.165, 1.54) is 19.3 Å². The number of rotatable bonds is 2. The summed E-state index contributed by atoms with van der Waals surface area (Å²) in [6.07, 6.45) is 6.57. The summed E-state index contributed by atoms with van der Waals surface area (Å²) in [7, 11) is 0. The minimum absolute atomic E-state index is 0. The fourth-order valence-electron chi connectivity index (χ4n) is 1.05. The van der Waals surface area contributed by atoms with Crippen LogP contribution < -0.4 is 28.1 Å². The summed E-state index contributed by atoms with van der Waals surface area (Å²) < 4.78 is 5.43. The van der Waals surface area contributed by atoms with Gasteiger partial charge in [0, 0.05) is 0 Å². The maximum atomic E-state index is 3.67. The Hall–Kier alpha value is 1.16. The van der Waals surface area contributed by atoms with E-state index in [4.69, 9.17) is 0 Å². The van der Waals surface area contributed by atoms with E-state index in [1.54, 1.807) is 3.28 Å². The third-order valence-electron chi connectivity index (χ3n) is 1.64. The Bertz CT molecular complexity index is 163. The second kappa shape index (κ2) is 7.45. The summed E-state index contributed by atoms with van der Waals surface area (Å²) in [5.74, 6) is 0. The molecule has 0 saturated heterocycles. The zero-order valence-corrected chi connectivity index (χ0v) is 12.4. The molecule has 1 nitrogen and oxygen atoms in total. The molecule has 4 heteroatoms. The Kier molecular flexibility index (Phi) is 9.51. The fourth-order valence-corrected chi connectivity index (χ4v) is 3.72. The molecule has 0 radical (unpaired) electrons. The number of halogens is 2. The molecule has 0 aromatic heterocycles. The van der Waals surface area contributed by atoms with Gasteiger partial charge in [-0.2, -0.15) is 0 Å². The molecular weight excluding hydrogens is 284 g/mol. The predicted molar refractivity (Wildman–Crippen MR) is 44.8 cm³/mol. The predicted octanol–water partition coefficient (Wildman–Crippen LogP) is -3.55. The molecule has 0 aromatic carbocycles. The molecule has 1 rings (SSSR count). The summed E-state index contributed by atoms with van der Waals surface area (Å²) in [4.78, 5) is 0. The smallest absolute Gasteiger partial charge is 1.00 e. The van der Waals surface area contributed by atoms with Gasteiger partial charge < -0.3 is 24.8 Å². The van der Waals surface area contributed by atoms with Crippen LogP contribution in [0.15, 0.2) is 9.36 Å². The topological polar surface area (TPSA) is 12.0 Å². The Morgan fingerprint density at radius 3 is 2.31 bits per heavy atom. The Labute approximate surface area is 106 Å². The van der Waals surface area contributed by atoms with Crippen molar-refractivity contribution < 1.29 is 48.3 Å². The minimum Gasteiger partial charge on any atom is -1.00 e. The van der Waals surface area contributed by atoms with Crippen molar-refractivity contribution in [1.29, 1.82) is 0 Å². The van der Waals surface area contributed by atoms with Gasteiger partial charge in [-0.25, -0.2) is 0 Å². The van der Waals surface area contributed by atoms with Crippen molar-refractivity contribution in [2.45, 2.75) is 45.6 Å². The van der Waals surface area contributed by atoms with Crippen LogP contribution in [0.4, 0.5) is 0 Å². The fraction of sp³-hybridized carbons (Fsp3) is 0.778. The number of allylic oxidation sites excluding steroid dienone is 2. The van der Waals surface area contributed by atoms with Crippen molar-refractivity contribution in [3.63, 3.8) is 0 Å². The first-order valence-corrected chi connectivity index (χ1v) is 6.76. The van der Waals surface area contributed by atoms with Crippen LogP contribution >= 0.6 is 0 Å². The Morgan fingerprint density at radius 1 is 1.31 bits per heavy atom. The van der Waals surface area contributed by atoms with Crippen molar-refractivity contribution in [3.8, 4) is 0 Å². The second-order valence-corrected chi connectivity index (χ2v) is 6.93. The molecule has 0 aliphatic heterocycles. The van der Waals surface area contributed by atoms with Crippen molar-refractivity contribution in [3.05, 3.63) is 9.36 Å². The van der Waals surface area contributed by atoms with E-state index in [0.29, 0.717) is 5.54 Å². The summed E-state index contributed by atoms with van der Waals surface area (Å²) in [6.45, 7) is 6.76. The molecule has 0 unspecified atom stereocenters. The normalized spacial score (nSPS) is 15.2. The van der Waals surface area contributed by atoms with Gasteiger partial charge in [-0.05, 0) is 0 Å². The van der Waals surface area contributed by atoms with Crippen LogP contribution in [-0.2, 0) is 23.5 Å². The van der Waals surface area contributed by atoms with E-state index in [1.807, 2.05) is 0 Å². The molecule has 0 aromatic rings. The van der Waals surface area contributed by atoms with Crippen LogP contribution in [0.3, 0.4) is 0 Å². The first-order valence-electron chi connectivity index (χ1n) is 4.30. The molecule has 0 bridgehead atoms. The van der Waals surface area contributed by atoms with Crippen molar-refractivity contribution in [1.82, 2.24) is 3.26 Å². The molecule has 13 heavy (non-hydrogen) atoms. The molecular formula is C9H17Cl2NZr. The first-order chi connectivity index (χ1) is 5.08. The SMILES string of the molecule is CC(C)(C)[NH][Zr+2][C]1=CCCC1.[Cl-].[Cl-]. The molecule has 0 heterocycles. The van der Waals surface area contributed by atoms with Crippen LogP contribution in [0.5, 0.6) is 0 Å². The molecule has 0 amide bonds. The zero-order valence-electron chi connectivity index (χ0n) is 8.45. The van der Waals surface area contributed by atoms with Gasteiger partial charge in [0.1, 0.15) is 0 Å². The van der Waals surface area contributed by atoms with Crippen LogP contribution in [-0.4, -0.2) is 5.54 Å². The summed E-state index contributed by atoms with van der Waals surface area (Å²) in [5.41, 5.74) is 0.343. The molecule has 0 fully saturated rings. The first kappa shape index (κ1) is 16.6. The maximum absolute atomic E-state index is 3.67. The van der Waals surface area contributed by atoms with Gasteiger partial charge in [0.05, 0.1) is 0 Å². The van der Waals surface area contributed by atoms with Gasteiger partial charge in [0.25, 0.3) is 0 Å². The summed E-state index contributed by atoms with van der Waals surface area (Å²) in [5, 5.41) is 0. The number of hydrogen-bond acceptors (Lipinski definition) is 1. The van der Waals surface area contributed by atoms with E-state index in [2.05, 4.69) is 30.1 Å². The monoisotopic (exact) mass is 299 g/mol. The summed E-state index contributed by atoms with van der Waals surface area (Å²) >= 11 is -0.372. The van der Waals surface area contributed by atoms with E-state index in [9.17, 15) is 0 Å². The molecule has 1 N–H and O–H groups in total. The average Bonchev–Trinajstić information content (AvgIpc) is 2.32. The molecule has 1 aliphatic carbocycles. The molecule has 76 valence electrons. The van der Waals surface area contributed by atoms with E-state index in [0.717, 1.165) is 0 Å². The van der Waals surface area contributed by atoms with Crippen molar-refractivity contribution >= 4 is 0 Å². The minimum atomic E-state index is -0.372. The van der Waals surface area contributed by atoms with Gasteiger partial charge in [-0.15, -0.1) is 0 Å². The van der Waals surface area contributed by atoms with Crippen molar-refractivity contribution in [2.24, 2.45) is 0 Å². The van der Waals surface area contributed by atoms with E-state index < -0.39 is 0 Å². The van der Waals surface area contributed by atoms with Crippen molar-refractivity contribution in [2.75, 3.05) is 0 Å². The maximum Gasteiger partial charge on any atom is -1.00 e. The van der Waals surface area contributed by atoms with Gasteiger partial charge >= 0.3 is 81.7 Å². The standard InChI is InChI=1S/C5H7.C4H10N.2ClH.Zr/c1-2-4-5-3-1;1-4(2,3)5;;;/h1H,2,4-5H2;5H,1-3H3;2*1H;/q;-1;;;+3/p-2. The number of nitrogens with one attached hydrogen (secondary N) is 1. The Morgan fingerprint density at radius 2 is 1.92 bits per heavy atom.